The molecular formula is C16H13N3O2S. The smallest absolute Gasteiger partial charge is 0.163 e. The predicted octanol–water partition coefficient (Wildman–Crippen LogP) is 3.45. The summed E-state index contributed by atoms with van der Waals surface area (Å²) in [5.74, 6) is 2.37. The summed E-state index contributed by atoms with van der Waals surface area (Å²) in [6.07, 6.45) is 0.443. The number of hydrogen-bond donors (Lipinski definition) is 0. The van der Waals surface area contributed by atoms with Crippen LogP contribution in [0, 0.1) is 11.3 Å². The molecule has 1 aliphatic rings. The van der Waals surface area contributed by atoms with E-state index in [-0.39, 0.29) is 0 Å². The van der Waals surface area contributed by atoms with Gasteiger partial charge >= 0.3 is 0 Å². The first-order valence-corrected chi connectivity index (χ1v) is 7.95. The molecule has 0 N–H and O–H groups in total. The van der Waals surface area contributed by atoms with Crippen molar-refractivity contribution in [2.75, 3.05) is 13.2 Å². The fraction of sp³-hybridized carbons (Fsp3) is 0.250. The minimum atomic E-state index is 0.443. The molecule has 1 aliphatic heterocycles. The van der Waals surface area contributed by atoms with Gasteiger partial charge in [0.15, 0.2) is 17.3 Å². The largest absolute Gasteiger partial charge is 0.486 e. The normalized spacial score (nSPS) is 13.2. The molecule has 3 aromatic rings. The minimum Gasteiger partial charge on any atom is -0.486 e. The third-order valence-electron chi connectivity index (χ3n) is 3.60. The van der Waals surface area contributed by atoms with Crippen molar-refractivity contribution in [3.8, 4) is 28.3 Å². The van der Waals surface area contributed by atoms with Gasteiger partial charge in [-0.05, 0) is 11.4 Å². The van der Waals surface area contributed by atoms with Crippen molar-refractivity contribution in [2.45, 2.75) is 13.0 Å². The lowest BCUT2D eigenvalue weighted by molar-refractivity contribution is 0.172. The summed E-state index contributed by atoms with van der Waals surface area (Å²) in [4.78, 5) is 5.84. The van der Waals surface area contributed by atoms with Gasteiger partial charge in [0.1, 0.15) is 13.2 Å². The van der Waals surface area contributed by atoms with Crippen molar-refractivity contribution >= 4 is 22.4 Å². The van der Waals surface area contributed by atoms with Gasteiger partial charge in [-0.15, -0.1) is 11.3 Å². The van der Waals surface area contributed by atoms with Crippen LogP contribution in [0.3, 0.4) is 0 Å². The first-order valence-electron chi connectivity index (χ1n) is 7.07. The van der Waals surface area contributed by atoms with Crippen LogP contribution in [0.25, 0.3) is 21.7 Å². The standard InChI is InChI=1S/C16H13N3O2S/c17-4-2-5-19-12-10-14-13(20-6-7-21-14)9-11(12)18-16(19)15-3-1-8-22-15/h1,3,8-10H,2,5-7H2. The van der Waals surface area contributed by atoms with Gasteiger partial charge < -0.3 is 14.0 Å². The van der Waals surface area contributed by atoms with Crippen molar-refractivity contribution in [1.29, 1.82) is 5.26 Å². The number of thiophene rings is 1. The van der Waals surface area contributed by atoms with Crippen LogP contribution in [-0.4, -0.2) is 22.8 Å². The summed E-state index contributed by atoms with van der Waals surface area (Å²) < 4.78 is 13.4. The molecule has 110 valence electrons. The lowest BCUT2D eigenvalue weighted by Gasteiger charge is -2.18. The molecule has 0 saturated heterocycles. The lowest BCUT2D eigenvalue weighted by Crippen LogP contribution is -2.15. The second kappa shape index (κ2) is 5.35. The Kier molecular flexibility index (Phi) is 3.20. The van der Waals surface area contributed by atoms with E-state index in [1.807, 2.05) is 29.6 Å². The maximum absolute atomic E-state index is 8.92. The van der Waals surface area contributed by atoms with Crippen molar-refractivity contribution in [1.82, 2.24) is 9.55 Å². The topological polar surface area (TPSA) is 60.1 Å². The maximum Gasteiger partial charge on any atom is 0.163 e. The van der Waals surface area contributed by atoms with Crippen LogP contribution in [0.15, 0.2) is 29.6 Å². The highest BCUT2D eigenvalue weighted by atomic mass is 32.1. The van der Waals surface area contributed by atoms with Crippen molar-refractivity contribution in [2.24, 2.45) is 0 Å². The summed E-state index contributed by atoms with van der Waals surface area (Å²) in [5.41, 5.74) is 1.84. The predicted molar refractivity (Wildman–Crippen MR) is 84.3 cm³/mol. The van der Waals surface area contributed by atoms with Crippen LogP contribution in [0.2, 0.25) is 0 Å². The Balaban J connectivity index is 1.93. The molecule has 0 amide bonds. The average molecular weight is 311 g/mol. The van der Waals surface area contributed by atoms with E-state index in [0.29, 0.717) is 26.2 Å². The van der Waals surface area contributed by atoms with Crippen LogP contribution in [0.4, 0.5) is 0 Å². The molecule has 0 fully saturated rings. The van der Waals surface area contributed by atoms with Gasteiger partial charge in [-0.2, -0.15) is 5.26 Å². The molecular weight excluding hydrogens is 298 g/mol. The number of aromatic nitrogens is 2. The minimum absolute atomic E-state index is 0.443. The van der Waals surface area contributed by atoms with Crippen molar-refractivity contribution < 1.29 is 9.47 Å². The van der Waals surface area contributed by atoms with Crippen LogP contribution in [0.1, 0.15) is 6.42 Å². The van der Waals surface area contributed by atoms with Gasteiger partial charge in [0, 0.05) is 18.7 Å². The van der Waals surface area contributed by atoms with E-state index in [2.05, 4.69) is 10.6 Å². The molecule has 0 saturated carbocycles. The van der Waals surface area contributed by atoms with Gasteiger partial charge in [0.05, 0.1) is 28.4 Å². The molecule has 3 heterocycles. The number of fused-ring (bicyclic) bond motifs is 2. The molecule has 1 aromatic carbocycles. The van der Waals surface area contributed by atoms with E-state index in [0.717, 1.165) is 33.2 Å². The molecule has 22 heavy (non-hydrogen) atoms. The molecule has 0 unspecified atom stereocenters. The van der Waals surface area contributed by atoms with Gasteiger partial charge in [0.25, 0.3) is 0 Å². The third kappa shape index (κ3) is 2.11. The number of ether oxygens (including phenoxy) is 2. The van der Waals surface area contributed by atoms with Gasteiger partial charge in [-0.3, -0.25) is 0 Å². The second-order valence-electron chi connectivity index (χ2n) is 4.96. The number of rotatable bonds is 3. The zero-order valence-electron chi connectivity index (χ0n) is 11.8. The Hall–Kier alpha value is -2.52. The Morgan fingerprint density at radius 3 is 2.82 bits per heavy atom. The van der Waals surface area contributed by atoms with Crippen molar-refractivity contribution in [3.05, 3.63) is 29.6 Å². The molecule has 4 rings (SSSR count). The van der Waals surface area contributed by atoms with Crippen LogP contribution < -0.4 is 9.47 Å². The molecule has 0 atom stereocenters. The Bertz CT molecular complexity index is 862. The Morgan fingerprint density at radius 1 is 1.27 bits per heavy atom. The number of hydrogen-bond acceptors (Lipinski definition) is 5. The number of imidazole rings is 1. The van der Waals surface area contributed by atoms with Crippen LogP contribution >= 0.6 is 11.3 Å². The van der Waals surface area contributed by atoms with E-state index in [9.17, 15) is 0 Å². The first-order chi connectivity index (χ1) is 10.9. The molecule has 2 aromatic heterocycles. The zero-order chi connectivity index (χ0) is 14.9. The van der Waals surface area contributed by atoms with E-state index in [1.54, 1.807) is 11.3 Å². The highest BCUT2D eigenvalue weighted by Crippen LogP contribution is 2.37. The quantitative estimate of drug-likeness (QED) is 0.743. The van der Waals surface area contributed by atoms with Gasteiger partial charge in [0.2, 0.25) is 0 Å². The number of benzene rings is 1. The van der Waals surface area contributed by atoms with E-state index in [1.165, 1.54) is 0 Å². The van der Waals surface area contributed by atoms with Gasteiger partial charge in [-0.25, -0.2) is 4.98 Å². The molecule has 0 radical (unpaired) electrons. The monoisotopic (exact) mass is 311 g/mol. The van der Waals surface area contributed by atoms with Crippen LogP contribution in [0.5, 0.6) is 11.5 Å². The van der Waals surface area contributed by atoms with E-state index in [4.69, 9.17) is 19.7 Å². The number of nitrogens with zero attached hydrogens (tertiary/aromatic N) is 3. The SMILES string of the molecule is N#CCCn1c(-c2cccs2)nc2cc3c(cc21)OCCO3. The number of aryl methyl sites for hydroxylation is 1. The van der Waals surface area contributed by atoms with E-state index >= 15 is 0 Å². The summed E-state index contributed by atoms with van der Waals surface area (Å²) in [7, 11) is 0. The average Bonchev–Trinajstić information content (AvgIpc) is 3.18. The first kappa shape index (κ1) is 13.2. The van der Waals surface area contributed by atoms with E-state index < -0.39 is 0 Å². The van der Waals surface area contributed by atoms with Crippen LogP contribution in [-0.2, 0) is 6.54 Å². The lowest BCUT2D eigenvalue weighted by atomic mass is 10.2. The molecule has 6 heteroatoms. The van der Waals surface area contributed by atoms with Gasteiger partial charge in [-0.1, -0.05) is 6.07 Å². The highest BCUT2D eigenvalue weighted by molar-refractivity contribution is 7.13. The molecule has 5 nitrogen and oxygen atoms in total. The molecule has 0 bridgehead atoms. The summed E-state index contributed by atoms with van der Waals surface area (Å²) in [5, 5.41) is 11.0. The molecule has 0 spiro atoms. The summed E-state index contributed by atoms with van der Waals surface area (Å²) in [6, 6.07) is 10.1. The Labute approximate surface area is 131 Å². The molecule has 0 aliphatic carbocycles. The second-order valence-corrected chi connectivity index (χ2v) is 5.90. The highest BCUT2D eigenvalue weighted by Gasteiger charge is 2.19. The fourth-order valence-corrected chi connectivity index (χ4v) is 3.37. The fourth-order valence-electron chi connectivity index (χ4n) is 2.64. The Morgan fingerprint density at radius 2 is 2.09 bits per heavy atom. The summed E-state index contributed by atoms with van der Waals surface area (Å²) in [6.45, 7) is 1.73. The maximum atomic E-state index is 8.92. The van der Waals surface area contributed by atoms with Crippen molar-refractivity contribution in [3.63, 3.8) is 0 Å². The zero-order valence-corrected chi connectivity index (χ0v) is 12.6. The third-order valence-corrected chi connectivity index (χ3v) is 4.47. The number of nitriles is 1. The summed E-state index contributed by atoms with van der Waals surface area (Å²) >= 11 is 1.64.